The molecule has 0 aliphatic carbocycles. The van der Waals surface area contributed by atoms with E-state index in [0.29, 0.717) is 29.3 Å². The minimum absolute atomic E-state index is 0.0765. The number of carbonyl (C=O) groups excluding carboxylic acids is 2. The highest BCUT2D eigenvalue weighted by molar-refractivity contribution is 6.04. The second kappa shape index (κ2) is 9.47. The predicted molar refractivity (Wildman–Crippen MR) is 104 cm³/mol. The molecule has 0 aliphatic rings. The molecule has 0 radical (unpaired) electrons. The van der Waals surface area contributed by atoms with E-state index in [9.17, 15) is 9.59 Å². The molecule has 0 heterocycles. The molecule has 0 saturated carbocycles. The molecule has 27 heavy (non-hydrogen) atoms. The zero-order valence-electron chi connectivity index (χ0n) is 16.0. The molecule has 144 valence electrons. The zero-order chi connectivity index (χ0) is 19.8. The van der Waals surface area contributed by atoms with Gasteiger partial charge in [-0.05, 0) is 43.7 Å². The summed E-state index contributed by atoms with van der Waals surface area (Å²) in [7, 11) is 3.09. The van der Waals surface area contributed by atoms with Gasteiger partial charge in [-0.1, -0.05) is 12.1 Å². The van der Waals surface area contributed by atoms with Gasteiger partial charge in [0.05, 0.1) is 14.2 Å². The van der Waals surface area contributed by atoms with Crippen LogP contribution >= 0.6 is 0 Å². The number of amides is 3. The molecule has 2 rings (SSSR count). The highest BCUT2D eigenvalue weighted by atomic mass is 16.5. The van der Waals surface area contributed by atoms with Gasteiger partial charge in [-0.25, -0.2) is 4.79 Å². The molecule has 7 heteroatoms. The SMILES string of the molecule is COc1ccc(NC(=O)c2ccc(CNC(=O)NC(C)C)cc2)cc1OC. The Labute approximate surface area is 159 Å². The van der Waals surface area contributed by atoms with Gasteiger partial charge in [-0.15, -0.1) is 0 Å². The van der Waals surface area contributed by atoms with Crippen LogP contribution in [-0.4, -0.2) is 32.2 Å². The Morgan fingerprint density at radius 3 is 2.22 bits per heavy atom. The van der Waals surface area contributed by atoms with Crippen LogP contribution in [0.2, 0.25) is 0 Å². The zero-order valence-corrected chi connectivity index (χ0v) is 16.0. The third-order valence-electron chi connectivity index (χ3n) is 3.73. The standard InChI is InChI=1S/C20H25N3O4/c1-13(2)22-20(25)21-12-14-5-7-15(8-6-14)19(24)23-16-9-10-17(26-3)18(11-16)27-4/h5-11,13H,12H2,1-4H3,(H,23,24)(H2,21,22,25). The largest absolute Gasteiger partial charge is 0.493 e. The Kier molecular flexibility index (Phi) is 7.05. The van der Waals surface area contributed by atoms with Crippen molar-refractivity contribution in [3.05, 3.63) is 53.6 Å². The normalized spacial score (nSPS) is 10.3. The highest BCUT2D eigenvalue weighted by Crippen LogP contribution is 2.29. The second-order valence-corrected chi connectivity index (χ2v) is 6.20. The molecule has 0 atom stereocenters. The van der Waals surface area contributed by atoms with Crippen LogP contribution < -0.4 is 25.4 Å². The number of carbonyl (C=O) groups is 2. The highest BCUT2D eigenvalue weighted by Gasteiger charge is 2.10. The number of ether oxygens (including phenoxy) is 2. The van der Waals surface area contributed by atoms with E-state index in [0.717, 1.165) is 5.56 Å². The van der Waals surface area contributed by atoms with Crippen molar-refractivity contribution in [1.82, 2.24) is 10.6 Å². The maximum absolute atomic E-state index is 12.4. The Balaban J connectivity index is 1.96. The maximum atomic E-state index is 12.4. The lowest BCUT2D eigenvalue weighted by Gasteiger charge is -2.11. The summed E-state index contributed by atoms with van der Waals surface area (Å²) in [6.45, 7) is 4.17. The molecular weight excluding hydrogens is 346 g/mol. The van der Waals surface area contributed by atoms with Crippen LogP contribution in [0.1, 0.15) is 29.8 Å². The second-order valence-electron chi connectivity index (χ2n) is 6.20. The van der Waals surface area contributed by atoms with Gasteiger partial charge in [-0.3, -0.25) is 4.79 Å². The van der Waals surface area contributed by atoms with Crippen molar-refractivity contribution < 1.29 is 19.1 Å². The van der Waals surface area contributed by atoms with Crippen LogP contribution in [0, 0.1) is 0 Å². The lowest BCUT2D eigenvalue weighted by atomic mass is 10.1. The monoisotopic (exact) mass is 371 g/mol. The molecule has 0 bridgehead atoms. The summed E-state index contributed by atoms with van der Waals surface area (Å²) in [4.78, 5) is 24.0. The molecule has 7 nitrogen and oxygen atoms in total. The number of urea groups is 1. The number of benzene rings is 2. The molecule has 3 N–H and O–H groups in total. The minimum atomic E-state index is -0.237. The van der Waals surface area contributed by atoms with E-state index in [4.69, 9.17) is 9.47 Å². The van der Waals surface area contributed by atoms with Crippen LogP contribution in [0.3, 0.4) is 0 Å². The minimum Gasteiger partial charge on any atom is -0.493 e. The van der Waals surface area contributed by atoms with E-state index in [1.54, 1.807) is 49.6 Å². The van der Waals surface area contributed by atoms with Crippen molar-refractivity contribution >= 4 is 17.6 Å². The summed E-state index contributed by atoms with van der Waals surface area (Å²) in [5, 5.41) is 8.34. The van der Waals surface area contributed by atoms with Crippen molar-refractivity contribution in [2.75, 3.05) is 19.5 Å². The first-order valence-electron chi connectivity index (χ1n) is 8.59. The summed E-state index contributed by atoms with van der Waals surface area (Å²) in [6.07, 6.45) is 0. The summed E-state index contributed by atoms with van der Waals surface area (Å²) in [5.41, 5.74) is 2.02. The maximum Gasteiger partial charge on any atom is 0.315 e. The fourth-order valence-electron chi connectivity index (χ4n) is 2.39. The van der Waals surface area contributed by atoms with E-state index in [2.05, 4.69) is 16.0 Å². The summed E-state index contributed by atoms with van der Waals surface area (Å²) in [6, 6.07) is 12.1. The molecular formula is C20H25N3O4. The molecule has 2 aromatic rings. The van der Waals surface area contributed by atoms with Gasteiger partial charge in [0.2, 0.25) is 0 Å². The van der Waals surface area contributed by atoms with Gasteiger partial charge in [-0.2, -0.15) is 0 Å². The Bertz CT molecular complexity index is 788. The van der Waals surface area contributed by atoms with E-state index in [1.165, 1.54) is 7.11 Å². The third-order valence-corrected chi connectivity index (χ3v) is 3.73. The van der Waals surface area contributed by atoms with Crippen LogP contribution in [-0.2, 0) is 6.54 Å². The molecule has 3 amide bonds. The number of methoxy groups -OCH3 is 2. The van der Waals surface area contributed by atoms with E-state index in [1.807, 2.05) is 13.8 Å². The molecule has 0 saturated heterocycles. The number of anilines is 1. The van der Waals surface area contributed by atoms with Gasteiger partial charge in [0.15, 0.2) is 11.5 Å². The number of nitrogens with one attached hydrogen (secondary N) is 3. The average molecular weight is 371 g/mol. The molecule has 2 aromatic carbocycles. The van der Waals surface area contributed by atoms with Crippen molar-refractivity contribution in [2.24, 2.45) is 0 Å². The van der Waals surface area contributed by atoms with Crippen LogP contribution in [0.25, 0.3) is 0 Å². The quantitative estimate of drug-likeness (QED) is 0.697. The summed E-state index contributed by atoms with van der Waals surface area (Å²) < 4.78 is 10.4. The third kappa shape index (κ3) is 5.91. The topological polar surface area (TPSA) is 88.7 Å². The van der Waals surface area contributed by atoms with E-state index >= 15 is 0 Å². The molecule has 0 aliphatic heterocycles. The lowest BCUT2D eigenvalue weighted by Crippen LogP contribution is -2.39. The molecule has 0 fully saturated rings. The average Bonchev–Trinajstić information content (AvgIpc) is 2.66. The number of hydrogen-bond acceptors (Lipinski definition) is 4. The Morgan fingerprint density at radius 1 is 0.963 bits per heavy atom. The van der Waals surface area contributed by atoms with Gasteiger partial charge in [0.25, 0.3) is 5.91 Å². The van der Waals surface area contributed by atoms with Gasteiger partial charge in [0.1, 0.15) is 0 Å². The first kappa shape index (κ1) is 20.1. The van der Waals surface area contributed by atoms with Gasteiger partial charge < -0.3 is 25.4 Å². The van der Waals surface area contributed by atoms with Gasteiger partial charge >= 0.3 is 6.03 Å². The summed E-state index contributed by atoms with van der Waals surface area (Å²) >= 11 is 0. The van der Waals surface area contributed by atoms with Crippen LogP contribution in [0.5, 0.6) is 11.5 Å². The Morgan fingerprint density at radius 2 is 1.63 bits per heavy atom. The van der Waals surface area contributed by atoms with Gasteiger partial charge in [0, 0.05) is 29.9 Å². The first-order chi connectivity index (χ1) is 12.9. The van der Waals surface area contributed by atoms with Crippen LogP contribution in [0.15, 0.2) is 42.5 Å². The molecule has 0 aromatic heterocycles. The number of hydrogen-bond donors (Lipinski definition) is 3. The number of rotatable bonds is 7. The lowest BCUT2D eigenvalue weighted by molar-refractivity contribution is 0.102. The fraction of sp³-hybridized carbons (Fsp3) is 0.300. The van der Waals surface area contributed by atoms with Crippen molar-refractivity contribution in [2.45, 2.75) is 26.4 Å². The van der Waals surface area contributed by atoms with Crippen molar-refractivity contribution in [3.63, 3.8) is 0 Å². The van der Waals surface area contributed by atoms with E-state index < -0.39 is 0 Å². The van der Waals surface area contributed by atoms with E-state index in [-0.39, 0.29) is 18.0 Å². The first-order valence-corrected chi connectivity index (χ1v) is 8.59. The fourth-order valence-corrected chi connectivity index (χ4v) is 2.39. The smallest absolute Gasteiger partial charge is 0.315 e. The molecule has 0 spiro atoms. The molecule has 0 unspecified atom stereocenters. The Hall–Kier alpha value is -3.22. The summed E-state index contributed by atoms with van der Waals surface area (Å²) in [5.74, 6) is 0.893. The predicted octanol–water partition coefficient (Wildman–Crippen LogP) is 3.16. The van der Waals surface area contributed by atoms with Crippen molar-refractivity contribution in [3.8, 4) is 11.5 Å². The van der Waals surface area contributed by atoms with Crippen LogP contribution in [0.4, 0.5) is 10.5 Å². The van der Waals surface area contributed by atoms with Crippen molar-refractivity contribution in [1.29, 1.82) is 0 Å².